The fourth-order valence-electron chi connectivity index (χ4n) is 12.0. The van der Waals surface area contributed by atoms with Crippen LogP contribution in [0.4, 0.5) is 0 Å². The number of benzene rings is 10. The first-order chi connectivity index (χ1) is 33.6. The third kappa shape index (κ3) is 4.88. The average molecular weight is 936 g/mol. The topological polar surface area (TPSA) is 59.1 Å². The fourth-order valence-corrected chi connectivity index (χ4v) is 12.5. The van der Waals surface area contributed by atoms with E-state index in [2.05, 4.69) is 216 Å². The summed E-state index contributed by atoms with van der Waals surface area (Å²) in [5.74, 6) is 0. The lowest BCUT2D eigenvalue weighted by Crippen LogP contribution is -2.33. The minimum Gasteiger partial charge on any atom is -0.423 e. The molecule has 0 amide bonds. The lowest BCUT2D eigenvalue weighted by molar-refractivity contribution is 0.425. The first kappa shape index (κ1) is 38.0. The number of para-hydroxylation sites is 6. The second kappa shape index (κ2) is 14.0. The summed E-state index contributed by atoms with van der Waals surface area (Å²) in [5.41, 5.74) is 14.3. The zero-order valence-electron chi connectivity index (χ0n) is 36.3. The van der Waals surface area contributed by atoms with E-state index in [0.717, 1.165) is 32.4 Å². The van der Waals surface area contributed by atoms with E-state index >= 15 is 0 Å². The highest BCUT2D eigenvalue weighted by Crippen LogP contribution is 2.46. The van der Waals surface area contributed by atoms with Crippen LogP contribution < -0.4 is 5.46 Å². The summed E-state index contributed by atoms with van der Waals surface area (Å²) in [6.45, 7) is 0. The summed E-state index contributed by atoms with van der Waals surface area (Å²) < 4.78 is 10.5. The van der Waals surface area contributed by atoms with E-state index in [1.807, 2.05) is 18.2 Å². The molecule has 6 heterocycles. The van der Waals surface area contributed by atoms with Gasteiger partial charge in [0.2, 0.25) is 0 Å². The zero-order valence-corrected chi connectivity index (χ0v) is 37.9. The molecule has 0 radical (unpaired) electrons. The second-order valence-corrected chi connectivity index (χ2v) is 18.8. The van der Waals surface area contributed by atoms with Crippen molar-refractivity contribution in [3.8, 4) is 11.4 Å². The third-order valence-electron chi connectivity index (χ3n) is 14.6. The predicted molar refractivity (Wildman–Crippen MR) is 288 cm³/mol. The van der Waals surface area contributed by atoms with E-state index < -0.39 is 7.12 Å². The Bertz CT molecular complexity index is 4750. The molecular formula is C60H36BBrN4O2. The van der Waals surface area contributed by atoms with Crippen molar-refractivity contribution < 1.29 is 10.0 Å². The molecule has 16 aromatic rings. The number of rotatable bonds is 3. The van der Waals surface area contributed by atoms with Crippen molar-refractivity contribution in [3.05, 3.63) is 211 Å². The standard InChI is InChI=1S/C30H19BN2O2.C30H17BrN2/c34-31(35)22-12-2-4-14-24(22)32-25-15-6-9-19-21-11-5-10-20-18-8-1-3-13-23(18)33(30(20)21)27-17-7-16-26(32)29(27)28(19)25;31-22-12-2-4-14-24(22)32-25-15-6-9-19-21-11-5-10-20-18-8-1-3-13-23(18)33(30(20)21)27-17-7-16-26(32)29(27)28(19)25/h1-17,34-35H;1-17H. The van der Waals surface area contributed by atoms with Crippen molar-refractivity contribution in [2.24, 2.45) is 0 Å². The van der Waals surface area contributed by atoms with E-state index in [1.165, 1.54) is 103 Å². The second-order valence-electron chi connectivity index (χ2n) is 17.9. The fraction of sp³-hybridized carbons (Fsp3) is 0. The molecule has 0 bridgehead atoms. The van der Waals surface area contributed by atoms with Gasteiger partial charge in [-0.25, -0.2) is 0 Å². The number of halogens is 1. The summed E-state index contributed by atoms with van der Waals surface area (Å²) in [6, 6.07) is 73.0. The highest BCUT2D eigenvalue weighted by atomic mass is 79.9. The monoisotopic (exact) mass is 934 g/mol. The maximum atomic E-state index is 10.2. The van der Waals surface area contributed by atoms with Gasteiger partial charge < -0.3 is 28.0 Å². The Labute approximate surface area is 396 Å². The number of fused-ring (bicyclic) bond motifs is 10. The Morgan fingerprint density at radius 2 is 0.632 bits per heavy atom. The van der Waals surface area contributed by atoms with E-state index in [9.17, 15) is 10.0 Å². The normalized spacial score (nSPS) is 12.3. The highest BCUT2D eigenvalue weighted by Gasteiger charge is 2.25. The van der Waals surface area contributed by atoms with E-state index in [1.54, 1.807) is 6.07 Å². The summed E-state index contributed by atoms with van der Waals surface area (Å²) in [6.07, 6.45) is 0. The molecule has 68 heavy (non-hydrogen) atoms. The number of aromatic nitrogens is 4. The molecule has 6 nitrogen and oxygen atoms in total. The molecule has 8 heteroatoms. The number of nitrogens with zero attached hydrogens (tertiary/aromatic N) is 4. The van der Waals surface area contributed by atoms with Gasteiger partial charge in [0.1, 0.15) is 0 Å². The van der Waals surface area contributed by atoms with Crippen LogP contribution in [-0.2, 0) is 0 Å². The predicted octanol–water partition coefficient (Wildman–Crippen LogP) is 14.3. The van der Waals surface area contributed by atoms with E-state index in [-0.39, 0.29) is 0 Å². The maximum absolute atomic E-state index is 10.2. The minimum atomic E-state index is -1.56. The van der Waals surface area contributed by atoms with Crippen molar-refractivity contribution >= 4 is 148 Å². The molecule has 0 aliphatic carbocycles. The van der Waals surface area contributed by atoms with Crippen molar-refractivity contribution in [1.29, 1.82) is 0 Å². The Balaban J connectivity index is 0.000000124. The van der Waals surface area contributed by atoms with Crippen molar-refractivity contribution in [3.63, 3.8) is 0 Å². The van der Waals surface area contributed by atoms with Crippen LogP contribution in [0, 0.1) is 0 Å². The Morgan fingerprint density at radius 1 is 0.294 bits per heavy atom. The summed E-state index contributed by atoms with van der Waals surface area (Å²) in [7, 11) is -1.56. The molecule has 10 aromatic carbocycles. The molecule has 2 N–H and O–H groups in total. The van der Waals surface area contributed by atoms with Crippen LogP contribution in [0.3, 0.4) is 0 Å². The van der Waals surface area contributed by atoms with Crippen molar-refractivity contribution in [2.45, 2.75) is 0 Å². The van der Waals surface area contributed by atoms with Gasteiger partial charge in [0, 0.05) is 69.5 Å². The van der Waals surface area contributed by atoms with Crippen LogP contribution in [0.15, 0.2) is 211 Å². The number of hydrogen-bond donors (Lipinski definition) is 2. The largest absolute Gasteiger partial charge is 0.490 e. The van der Waals surface area contributed by atoms with Gasteiger partial charge in [0.15, 0.2) is 0 Å². The van der Waals surface area contributed by atoms with Gasteiger partial charge in [-0.2, -0.15) is 0 Å². The molecule has 318 valence electrons. The molecule has 0 saturated heterocycles. The van der Waals surface area contributed by atoms with Crippen LogP contribution >= 0.6 is 15.9 Å². The smallest absolute Gasteiger partial charge is 0.423 e. The lowest BCUT2D eigenvalue weighted by Gasteiger charge is -2.13. The van der Waals surface area contributed by atoms with Crippen LogP contribution in [0.2, 0.25) is 0 Å². The molecule has 0 saturated carbocycles. The number of hydrogen-bond acceptors (Lipinski definition) is 2. The van der Waals surface area contributed by atoms with Gasteiger partial charge >= 0.3 is 7.12 Å². The van der Waals surface area contributed by atoms with Crippen LogP contribution in [0.1, 0.15) is 0 Å². The summed E-state index contributed by atoms with van der Waals surface area (Å²) in [4.78, 5) is 0. The molecule has 0 unspecified atom stereocenters. The van der Waals surface area contributed by atoms with Crippen LogP contribution in [0.5, 0.6) is 0 Å². The first-order valence-electron chi connectivity index (χ1n) is 23.0. The van der Waals surface area contributed by atoms with Crippen LogP contribution in [-0.4, -0.2) is 35.1 Å². The van der Waals surface area contributed by atoms with E-state index in [4.69, 9.17) is 0 Å². The van der Waals surface area contributed by atoms with Gasteiger partial charge in [-0.15, -0.1) is 0 Å². The van der Waals surface area contributed by atoms with Crippen LogP contribution in [0.25, 0.3) is 131 Å². The molecule has 0 aliphatic heterocycles. The third-order valence-corrected chi connectivity index (χ3v) is 15.3. The van der Waals surface area contributed by atoms with Gasteiger partial charge in [-0.3, -0.25) is 0 Å². The molecule has 6 aromatic heterocycles. The van der Waals surface area contributed by atoms with Gasteiger partial charge in [0.05, 0.1) is 60.9 Å². The molecule has 0 spiro atoms. The molecular weight excluding hydrogens is 899 g/mol. The summed E-state index contributed by atoms with van der Waals surface area (Å²) >= 11 is 3.81. The lowest BCUT2D eigenvalue weighted by atomic mass is 9.79. The highest BCUT2D eigenvalue weighted by molar-refractivity contribution is 9.10. The average Bonchev–Trinajstić information content (AvgIpc) is 4.07. The van der Waals surface area contributed by atoms with E-state index in [0.29, 0.717) is 5.46 Å². The molecule has 0 atom stereocenters. The SMILES string of the molecule is Brc1ccccc1-n1c2cccc3c4cccc5c6ccccc6n(c6cccc1c6c32)c45.OB(O)c1ccccc1-n1c2cccc3c4cccc5c6ccccc6n(c6cccc1c6c32)c45. The molecule has 16 rings (SSSR count). The van der Waals surface area contributed by atoms with Gasteiger partial charge in [0.25, 0.3) is 0 Å². The van der Waals surface area contributed by atoms with Gasteiger partial charge in [-0.1, -0.05) is 140 Å². The quantitative estimate of drug-likeness (QED) is 0.173. The van der Waals surface area contributed by atoms with Crippen molar-refractivity contribution in [2.75, 3.05) is 0 Å². The zero-order chi connectivity index (χ0) is 44.9. The van der Waals surface area contributed by atoms with Gasteiger partial charge in [-0.05, 0) is 93.4 Å². The molecule has 0 fully saturated rings. The minimum absolute atomic E-state index is 0.480. The Kier molecular flexibility index (Phi) is 7.80. The Morgan fingerprint density at radius 3 is 1.15 bits per heavy atom. The Hall–Kier alpha value is -8.14. The van der Waals surface area contributed by atoms with Crippen molar-refractivity contribution in [1.82, 2.24) is 17.9 Å². The first-order valence-corrected chi connectivity index (χ1v) is 23.7. The maximum Gasteiger partial charge on any atom is 0.490 e. The molecule has 0 aliphatic rings. The summed E-state index contributed by atoms with van der Waals surface area (Å²) in [5, 5.41) is 35.4.